The maximum absolute atomic E-state index is 8.44. The molecule has 0 atom stereocenters. The van der Waals surface area contributed by atoms with Gasteiger partial charge in [-0.3, -0.25) is 10.5 Å². The third-order valence-corrected chi connectivity index (χ3v) is 4.14. The molecule has 3 rings (SSSR count). The van der Waals surface area contributed by atoms with E-state index in [1.807, 2.05) is 18.2 Å². The molecule has 1 aromatic carbocycles. The Balaban J connectivity index is 1.96. The maximum atomic E-state index is 8.44. The van der Waals surface area contributed by atoms with E-state index in [4.69, 9.17) is 11.1 Å². The van der Waals surface area contributed by atoms with Gasteiger partial charge in [-0.2, -0.15) is 5.10 Å². The lowest BCUT2D eigenvalue weighted by Gasteiger charge is -2.31. The minimum absolute atomic E-state index is 0.252. The maximum Gasteiger partial charge on any atom is 0.0661 e. The fraction of sp³-hybridized carbons (Fsp3) is 0.375. The monoisotopic (exact) mass is 268 g/mol. The molecule has 1 aromatic heterocycles. The number of hydrogen-bond acceptors (Lipinski definition) is 3. The Morgan fingerprint density at radius 3 is 2.95 bits per heavy atom. The average molecular weight is 268 g/mol. The summed E-state index contributed by atoms with van der Waals surface area (Å²) in [7, 11) is 0. The molecular formula is C16H20N4. The lowest BCUT2D eigenvalue weighted by molar-refractivity contribution is 0.315. The molecule has 20 heavy (non-hydrogen) atoms. The number of H-pyrrole nitrogens is 1. The fourth-order valence-electron chi connectivity index (χ4n) is 2.89. The van der Waals surface area contributed by atoms with E-state index >= 15 is 0 Å². The van der Waals surface area contributed by atoms with Crippen LogP contribution in [-0.4, -0.2) is 15.9 Å². The smallest absolute Gasteiger partial charge is 0.0661 e. The van der Waals surface area contributed by atoms with Crippen LogP contribution < -0.4 is 5.73 Å². The molecule has 4 heteroatoms. The first-order chi connectivity index (χ1) is 9.46. The van der Waals surface area contributed by atoms with Crippen molar-refractivity contribution in [3.63, 3.8) is 0 Å². The van der Waals surface area contributed by atoms with Crippen molar-refractivity contribution in [1.29, 1.82) is 5.41 Å². The molecule has 0 radical (unpaired) electrons. The van der Waals surface area contributed by atoms with Crippen LogP contribution in [0.2, 0.25) is 0 Å². The Kier molecular flexibility index (Phi) is 2.89. The summed E-state index contributed by atoms with van der Waals surface area (Å²) in [6.45, 7) is 4.47. The number of rotatable bonds is 2. The van der Waals surface area contributed by atoms with Crippen molar-refractivity contribution < 1.29 is 0 Å². The summed E-state index contributed by atoms with van der Waals surface area (Å²) in [6, 6.07) is 5.93. The minimum atomic E-state index is 0.252. The van der Waals surface area contributed by atoms with E-state index < -0.39 is 0 Å². The topological polar surface area (TPSA) is 78.5 Å². The van der Waals surface area contributed by atoms with Crippen molar-refractivity contribution in [3.05, 3.63) is 41.2 Å². The van der Waals surface area contributed by atoms with E-state index in [1.165, 1.54) is 0 Å². The number of aromatic amines is 1. The molecule has 0 bridgehead atoms. The van der Waals surface area contributed by atoms with E-state index in [0.29, 0.717) is 5.71 Å². The molecule has 1 heterocycles. The van der Waals surface area contributed by atoms with Gasteiger partial charge in [0.15, 0.2) is 0 Å². The van der Waals surface area contributed by atoms with E-state index in [1.54, 1.807) is 6.20 Å². The average Bonchev–Trinajstić information content (AvgIpc) is 2.84. The van der Waals surface area contributed by atoms with Gasteiger partial charge in [0.1, 0.15) is 0 Å². The van der Waals surface area contributed by atoms with Gasteiger partial charge in [-0.15, -0.1) is 0 Å². The fourth-order valence-corrected chi connectivity index (χ4v) is 2.89. The largest absolute Gasteiger partial charge is 0.402 e. The van der Waals surface area contributed by atoms with Gasteiger partial charge in [0.05, 0.1) is 17.4 Å². The van der Waals surface area contributed by atoms with Gasteiger partial charge in [0.2, 0.25) is 0 Å². The number of fused-ring (bicyclic) bond motifs is 1. The summed E-state index contributed by atoms with van der Waals surface area (Å²) < 4.78 is 0. The predicted molar refractivity (Wildman–Crippen MR) is 81.8 cm³/mol. The number of nitrogens with two attached hydrogens (primary N) is 1. The summed E-state index contributed by atoms with van der Waals surface area (Å²) >= 11 is 0. The molecular weight excluding hydrogens is 248 g/mol. The van der Waals surface area contributed by atoms with E-state index in [-0.39, 0.29) is 5.41 Å². The third-order valence-electron chi connectivity index (χ3n) is 4.14. The first-order valence-electron chi connectivity index (χ1n) is 6.96. The normalized spacial score (nSPS) is 18.5. The second-order valence-corrected chi connectivity index (χ2v) is 6.39. The SMILES string of the molecule is CC1(C)CCC(C(=N)c2ccc3[nH]ncc3c2)=C(N)C1. The number of nitrogens with zero attached hydrogens (tertiary/aromatic N) is 1. The Morgan fingerprint density at radius 1 is 1.40 bits per heavy atom. The van der Waals surface area contributed by atoms with E-state index in [2.05, 4.69) is 24.0 Å². The molecule has 1 aliphatic carbocycles. The number of allylic oxidation sites excluding steroid dienone is 2. The third kappa shape index (κ3) is 2.22. The van der Waals surface area contributed by atoms with Crippen molar-refractivity contribution >= 4 is 16.6 Å². The predicted octanol–water partition coefficient (Wildman–Crippen LogP) is 3.35. The van der Waals surface area contributed by atoms with Crippen LogP contribution in [-0.2, 0) is 0 Å². The van der Waals surface area contributed by atoms with E-state index in [9.17, 15) is 0 Å². The van der Waals surface area contributed by atoms with Crippen molar-refractivity contribution in [2.75, 3.05) is 0 Å². The number of hydrogen-bond donors (Lipinski definition) is 3. The zero-order valence-corrected chi connectivity index (χ0v) is 12.0. The van der Waals surface area contributed by atoms with Gasteiger partial charge in [0, 0.05) is 16.6 Å². The zero-order valence-electron chi connectivity index (χ0n) is 12.0. The van der Waals surface area contributed by atoms with Crippen LogP contribution in [0.15, 0.2) is 35.7 Å². The lowest BCUT2D eigenvalue weighted by atomic mass is 9.75. The van der Waals surface area contributed by atoms with Crippen LogP contribution in [0.4, 0.5) is 0 Å². The van der Waals surface area contributed by atoms with Crippen molar-refractivity contribution in [2.24, 2.45) is 11.1 Å². The molecule has 104 valence electrons. The second kappa shape index (κ2) is 4.47. The van der Waals surface area contributed by atoms with Crippen molar-refractivity contribution in [3.8, 4) is 0 Å². The molecule has 0 amide bonds. The summed E-state index contributed by atoms with van der Waals surface area (Å²) in [5.74, 6) is 0. The first kappa shape index (κ1) is 12.9. The molecule has 4 nitrogen and oxygen atoms in total. The van der Waals surface area contributed by atoms with Gasteiger partial charge in [0.25, 0.3) is 0 Å². The minimum Gasteiger partial charge on any atom is -0.402 e. The molecule has 1 aliphatic rings. The number of aromatic nitrogens is 2. The highest BCUT2D eigenvalue weighted by atomic mass is 15.1. The highest BCUT2D eigenvalue weighted by Crippen LogP contribution is 2.37. The molecule has 2 aromatic rings. The van der Waals surface area contributed by atoms with Gasteiger partial charge in [-0.05, 0) is 42.4 Å². The number of nitrogens with one attached hydrogen (secondary N) is 2. The summed E-state index contributed by atoms with van der Waals surface area (Å²) in [5, 5.41) is 16.4. The van der Waals surface area contributed by atoms with Gasteiger partial charge < -0.3 is 5.73 Å². The van der Waals surface area contributed by atoms with Crippen LogP contribution in [0.1, 0.15) is 38.7 Å². The molecule has 0 spiro atoms. The second-order valence-electron chi connectivity index (χ2n) is 6.39. The van der Waals surface area contributed by atoms with Crippen LogP contribution in [0.3, 0.4) is 0 Å². The van der Waals surface area contributed by atoms with Crippen LogP contribution >= 0.6 is 0 Å². The summed E-state index contributed by atoms with van der Waals surface area (Å²) in [6.07, 6.45) is 4.63. The molecule has 0 saturated heterocycles. The van der Waals surface area contributed by atoms with Crippen LogP contribution in [0.5, 0.6) is 0 Å². The quantitative estimate of drug-likeness (QED) is 0.730. The van der Waals surface area contributed by atoms with Crippen molar-refractivity contribution in [2.45, 2.75) is 33.1 Å². The van der Waals surface area contributed by atoms with Crippen LogP contribution in [0, 0.1) is 10.8 Å². The molecule has 0 saturated carbocycles. The highest BCUT2D eigenvalue weighted by molar-refractivity contribution is 6.12. The Labute approximate surface area is 118 Å². The molecule has 0 aliphatic heterocycles. The molecule has 4 N–H and O–H groups in total. The number of benzene rings is 1. The summed E-state index contributed by atoms with van der Waals surface area (Å²) in [4.78, 5) is 0. The Morgan fingerprint density at radius 2 is 2.20 bits per heavy atom. The van der Waals surface area contributed by atoms with Gasteiger partial charge in [-0.1, -0.05) is 19.9 Å². The van der Waals surface area contributed by atoms with Crippen LogP contribution in [0.25, 0.3) is 10.9 Å². The molecule has 0 unspecified atom stereocenters. The van der Waals surface area contributed by atoms with Gasteiger partial charge >= 0.3 is 0 Å². The standard InChI is InChI=1S/C16H20N4/c1-16(2)6-5-12(13(17)8-16)15(18)10-3-4-14-11(7-10)9-19-20-14/h3-4,7,9,18H,5-6,8,17H2,1-2H3,(H,19,20). The highest BCUT2D eigenvalue weighted by Gasteiger charge is 2.27. The summed E-state index contributed by atoms with van der Waals surface area (Å²) in [5.41, 5.74) is 10.8. The zero-order chi connectivity index (χ0) is 14.3. The van der Waals surface area contributed by atoms with Gasteiger partial charge in [-0.25, -0.2) is 0 Å². The Hall–Kier alpha value is -2.10. The first-order valence-corrected chi connectivity index (χ1v) is 6.96. The molecule has 0 fully saturated rings. The van der Waals surface area contributed by atoms with Crippen molar-refractivity contribution in [1.82, 2.24) is 10.2 Å². The van der Waals surface area contributed by atoms with E-state index in [0.717, 1.165) is 47.0 Å². The Bertz CT molecular complexity index is 706. The lowest BCUT2D eigenvalue weighted by Crippen LogP contribution is -2.25.